The lowest BCUT2D eigenvalue weighted by molar-refractivity contribution is 0.122. The van der Waals surface area contributed by atoms with Crippen LogP contribution in [0, 0.1) is 0 Å². The fraction of sp³-hybridized carbons (Fsp3) is 0.625. The van der Waals surface area contributed by atoms with Crippen LogP contribution in [0.15, 0.2) is 18.2 Å². The Hall–Kier alpha value is -1.42. The highest BCUT2D eigenvalue weighted by Gasteiger charge is 2.21. The highest BCUT2D eigenvalue weighted by atomic mass is 16.5. The minimum absolute atomic E-state index is 0.597. The van der Waals surface area contributed by atoms with Crippen molar-refractivity contribution in [2.24, 2.45) is 0 Å². The van der Waals surface area contributed by atoms with Gasteiger partial charge in [-0.1, -0.05) is 0 Å². The van der Waals surface area contributed by atoms with E-state index in [9.17, 15) is 0 Å². The zero-order valence-corrected chi connectivity index (χ0v) is 12.3. The van der Waals surface area contributed by atoms with Gasteiger partial charge in [-0.15, -0.1) is 0 Å². The maximum Gasteiger partial charge on any atom is 0.0642 e. The predicted molar refractivity (Wildman–Crippen MR) is 84.5 cm³/mol. The molecule has 2 fully saturated rings. The Balaban J connectivity index is 1.79. The van der Waals surface area contributed by atoms with E-state index >= 15 is 0 Å². The first-order valence-electron chi connectivity index (χ1n) is 7.74. The van der Waals surface area contributed by atoms with Gasteiger partial charge >= 0.3 is 0 Å². The second-order valence-corrected chi connectivity index (χ2v) is 5.88. The molecule has 4 nitrogen and oxygen atoms in total. The summed E-state index contributed by atoms with van der Waals surface area (Å²) >= 11 is 0. The lowest BCUT2D eigenvalue weighted by Gasteiger charge is -2.37. The van der Waals surface area contributed by atoms with Gasteiger partial charge in [-0.3, -0.25) is 0 Å². The molecule has 110 valence electrons. The zero-order valence-electron chi connectivity index (χ0n) is 12.3. The molecule has 0 amide bonds. The summed E-state index contributed by atoms with van der Waals surface area (Å²) in [6, 6.07) is 7.13. The van der Waals surface area contributed by atoms with Crippen molar-refractivity contribution in [1.29, 1.82) is 0 Å². The smallest absolute Gasteiger partial charge is 0.0642 e. The first kappa shape index (κ1) is 13.6. The molecule has 2 heterocycles. The van der Waals surface area contributed by atoms with Gasteiger partial charge < -0.3 is 20.3 Å². The summed E-state index contributed by atoms with van der Waals surface area (Å²) in [7, 11) is 0. The van der Waals surface area contributed by atoms with Crippen LogP contribution in [-0.4, -0.2) is 38.9 Å². The van der Waals surface area contributed by atoms with Gasteiger partial charge in [0.05, 0.1) is 24.6 Å². The summed E-state index contributed by atoms with van der Waals surface area (Å²) in [4.78, 5) is 4.81. The van der Waals surface area contributed by atoms with Crippen LogP contribution >= 0.6 is 0 Å². The number of hydrogen-bond acceptors (Lipinski definition) is 4. The van der Waals surface area contributed by atoms with E-state index < -0.39 is 0 Å². The molecule has 0 bridgehead atoms. The highest BCUT2D eigenvalue weighted by molar-refractivity contribution is 5.73. The quantitative estimate of drug-likeness (QED) is 0.842. The molecule has 20 heavy (non-hydrogen) atoms. The number of ether oxygens (including phenoxy) is 1. The molecule has 1 atom stereocenters. The van der Waals surface area contributed by atoms with Crippen LogP contribution in [0.25, 0.3) is 0 Å². The number of hydrogen-bond donors (Lipinski definition) is 1. The van der Waals surface area contributed by atoms with E-state index in [-0.39, 0.29) is 0 Å². The van der Waals surface area contributed by atoms with Crippen molar-refractivity contribution in [1.82, 2.24) is 0 Å². The molecule has 0 radical (unpaired) electrons. The molecule has 3 rings (SSSR count). The zero-order chi connectivity index (χ0) is 13.9. The number of morpholine rings is 1. The van der Waals surface area contributed by atoms with Crippen molar-refractivity contribution in [3.05, 3.63) is 18.2 Å². The molecule has 1 aromatic rings. The van der Waals surface area contributed by atoms with E-state index in [0.29, 0.717) is 6.04 Å². The van der Waals surface area contributed by atoms with Crippen molar-refractivity contribution in [2.45, 2.75) is 32.2 Å². The van der Waals surface area contributed by atoms with Crippen LogP contribution in [0.3, 0.4) is 0 Å². The van der Waals surface area contributed by atoms with Crippen LogP contribution < -0.4 is 15.5 Å². The van der Waals surface area contributed by atoms with Gasteiger partial charge in [0.25, 0.3) is 0 Å². The number of piperidine rings is 1. The van der Waals surface area contributed by atoms with Crippen LogP contribution in [0.5, 0.6) is 0 Å². The van der Waals surface area contributed by atoms with Crippen LogP contribution in [0.2, 0.25) is 0 Å². The maximum atomic E-state index is 6.32. The Morgan fingerprint density at radius 2 is 1.95 bits per heavy atom. The average molecular weight is 275 g/mol. The Morgan fingerprint density at radius 1 is 1.15 bits per heavy atom. The molecule has 2 aliphatic rings. The Morgan fingerprint density at radius 3 is 2.65 bits per heavy atom. The van der Waals surface area contributed by atoms with Gasteiger partial charge in [-0.05, 0) is 44.4 Å². The van der Waals surface area contributed by atoms with E-state index in [0.717, 1.165) is 38.5 Å². The Kier molecular flexibility index (Phi) is 4.01. The van der Waals surface area contributed by atoms with E-state index in [1.807, 2.05) is 0 Å². The van der Waals surface area contributed by atoms with Gasteiger partial charge in [-0.2, -0.15) is 0 Å². The number of benzene rings is 1. The average Bonchev–Trinajstić information content (AvgIpc) is 2.49. The van der Waals surface area contributed by atoms with Crippen molar-refractivity contribution < 1.29 is 4.74 Å². The van der Waals surface area contributed by atoms with Gasteiger partial charge in [0.2, 0.25) is 0 Å². The first-order valence-corrected chi connectivity index (χ1v) is 7.74. The molecule has 2 saturated heterocycles. The molecular weight excluding hydrogens is 250 g/mol. The van der Waals surface area contributed by atoms with E-state index in [2.05, 4.69) is 34.9 Å². The van der Waals surface area contributed by atoms with Gasteiger partial charge in [0.15, 0.2) is 0 Å². The molecule has 0 spiro atoms. The van der Waals surface area contributed by atoms with Crippen LogP contribution in [0.4, 0.5) is 17.1 Å². The summed E-state index contributed by atoms with van der Waals surface area (Å²) in [6.07, 6.45) is 3.88. The van der Waals surface area contributed by atoms with E-state index in [1.54, 1.807) is 0 Å². The van der Waals surface area contributed by atoms with Crippen molar-refractivity contribution in [2.75, 3.05) is 48.4 Å². The number of nitrogens with two attached hydrogens (primary N) is 1. The first-order chi connectivity index (χ1) is 9.75. The van der Waals surface area contributed by atoms with Crippen molar-refractivity contribution in [3.8, 4) is 0 Å². The van der Waals surface area contributed by atoms with Crippen molar-refractivity contribution in [3.63, 3.8) is 0 Å². The van der Waals surface area contributed by atoms with Crippen LogP contribution in [0.1, 0.15) is 26.2 Å². The molecule has 4 heteroatoms. The number of rotatable bonds is 2. The lowest BCUT2D eigenvalue weighted by Crippen LogP contribution is -2.38. The van der Waals surface area contributed by atoms with Crippen molar-refractivity contribution >= 4 is 17.1 Å². The Labute approximate surface area is 121 Å². The van der Waals surface area contributed by atoms with E-state index in [4.69, 9.17) is 10.5 Å². The van der Waals surface area contributed by atoms with Crippen LogP contribution in [-0.2, 0) is 4.74 Å². The lowest BCUT2D eigenvalue weighted by atomic mass is 10.0. The molecule has 0 aromatic heterocycles. The third-order valence-electron chi connectivity index (χ3n) is 4.50. The molecule has 1 aromatic carbocycles. The monoisotopic (exact) mass is 275 g/mol. The molecule has 2 N–H and O–H groups in total. The molecule has 1 unspecified atom stereocenters. The molecule has 2 aliphatic heterocycles. The third kappa shape index (κ3) is 2.70. The molecular formula is C16H25N3O. The number of nitrogen functional groups attached to an aromatic ring is 1. The summed E-state index contributed by atoms with van der Waals surface area (Å²) in [5, 5.41) is 0. The third-order valence-corrected chi connectivity index (χ3v) is 4.50. The number of anilines is 3. The minimum atomic E-state index is 0.597. The Bertz CT molecular complexity index is 457. The second kappa shape index (κ2) is 5.92. The molecule has 0 saturated carbocycles. The summed E-state index contributed by atoms with van der Waals surface area (Å²) in [5.41, 5.74) is 9.65. The largest absolute Gasteiger partial charge is 0.397 e. The minimum Gasteiger partial charge on any atom is -0.397 e. The summed E-state index contributed by atoms with van der Waals surface area (Å²) in [6.45, 7) is 6.96. The fourth-order valence-electron chi connectivity index (χ4n) is 3.28. The standard InChI is InChI=1S/C16H25N3O/c1-13-4-2-3-7-19(13)16-6-5-14(12-15(16)17)18-8-10-20-11-9-18/h5-6,12-13H,2-4,7-11,17H2,1H3. The van der Waals surface area contributed by atoms with Gasteiger partial charge in [-0.25, -0.2) is 0 Å². The van der Waals surface area contributed by atoms with Gasteiger partial charge in [0.1, 0.15) is 0 Å². The topological polar surface area (TPSA) is 41.7 Å². The molecule has 0 aliphatic carbocycles. The number of nitrogens with zero attached hydrogens (tertiary/aromatic N) is 2. The maximum absolute atomic E-state index is 6.32. The summed E-state index contributed by atoms with van der Waals surface area (Å²) < 4.78 is 5.40. The highest BCUT2D eigenvalue weighted by Crippen LogP contribution is 2.32. The normalized spacial score (nSPS) is 23.9. The fourth-order valence-corrected chi connectivity index (χ4v) is 3.28. The van der Waals surface area contributed by atoms with E-state index in [1.165, 1.54) is 30.6 Å². The van der Waals surface area contributed by atoms with Gasteiger partial charge in [0, 0.05) is 31.4 Å². The second-order valence-electron chi connectivity index (χ2n) is 5.88. The SMILES string of the molecule is CC1CCCCN1c1ccc(N2CCOCC2)cc1N. The summed E-state index contributed by atoms with van der Waals surface area (Å²) in [5.74, 6) is 0. The predicted octanol–water partition coefficient (Wildman–Crippen LogP) is 2.48.